The molecule has 20 heavy (non-hydrogen) atoms. The van der Waals surface area contributed by atoms with E-state index in [-0.39, 0.29) is 5.91 Å². The molecule has 0 aliphatic heterocycles. The molecule has 0 atom stereocenters. The maximum atomic E-state index is 11.8. The van der Waals surface area contributed by atoms with Crippen LogP contribution in [0.1, 0.15) is 37.8 Å². The summed E-state index contributed by atoms with van der Waals surface area (Å²) in [5.74, 6) is 0.0998. The second-order valence-electron chi connectivity index (χ2n) is 5.19. The van der Waals surface area contributed by atoms with Crippen molar-refractivity contribution in [2.75, 3.05) is 13.7 Å². The third kappa shape index (κ3) is 6.68. The fourth-order valence-electron chi connectivity index (χ4n) is 1.95. The minimum absolute atomic E-state index is 0.0998. The third-order valence-electron chi connectivity index (χ3n) is 3.03. The van der Waals surface area contributed by atoms with Gasteiger partial charge in [0.25, 0.3) is 0 Å². The molecule has 0 saturated heterocycles. The number of benzene rings is 1. The van der Waals surface area contributed by atoms with Gasteiger partial charge in [-0.15, -0.1) is 0 Å². The van der Waals surface area contributed by atoms with E-state index >= 15 is 0 Å². The first-order valence-corrected chi connectivity index (χ1v) is 7.19. The van der Waals surface area contributed by atoms with Crippen LogP contribution in [0.4, 0.5) is 0 Å². The van der Waals surface area contributed by atoms with Crippen LogP contribution in [-0.2, 0) is 22.7 Å². The Morgan fingerprint density at radius 1 is 1.25 bits per heavy atom. The van der Waals surface area contributed by atoms with Crippen molar-refractivity contribution in [1.29, 1.82) is 0 Å². The van der Waals surface area contributed by atoms with Crippen molar-refractivity contribution in [3.05, 3.63) is 35.4 Å². The topological polar surface area (TPSA) is 50.4 Å². The Hall–Kier alpha value is -1.39. The average molecular weight is 278 g/mol. The molecule has 0 aliphatic carbocycles. The van der Waals surface area contributed by atoms with Gasteiger partial charge in [0.1, 0.15) is 0 Å². The first kappa shape index (κ1) is 16.7. The van der Waals surface area contributed by atoms with E-state index < -0.39 is 0 Å². The molecule has 1 aromatic rings. The fourth-order valence-corrected chi connectivity index (χ4v) is 1.95. The van der Waals surface area contributed by atoms with E-state index in [2.05, 4.69) is 24.5 Å². The zero-order valence-electron chi connectivity index (χ0n) is 12.7. The Kier molecular flexibility index (Phi) is 7.92. The number of rotatable bonds is 9. The molecule has 0 fully saturated rings. The van der Waals surface area contributed by atoms with Gasteiger partial charge in [0.15, 0.2) is 0 Å². The lowest BCUT2D eigenvalue weighted by Gasteiger charge is -2.11. The Balaban J connectivity index is 2.30. The number of amides is 1. The lowest BCUT2D eigenvalue weighted by Crippen LogP contribution is -2.27. The molecule has 112 valence electrons. The highest BCUT2D eigenvalue weighted by atomic mass is 16.5. The molecule has 0 spiro atoms. The molecule has 4 heteroatoms. The van der Waals surface area contributed by atoms with Gasteiger partial charge < -0.3 is 15.4 Å². The van der Waals surface area contributed by atoms with E-state index in [0.29, 0.717) is 25.6 Å². The molecular formula is C16H26N2O2. The minimum Gasteiger partial charge on any atom is -0.380 e. The predicted molar refractivity (Wildman–Crippen MR) is 81.4 cm³/mol. The van der Waals surface area contributed by atoms with E-state index in [0.717, 1.165) is 24.1 Å². The third-order valence-corrected chi connectivity index (χ3v) is 3.03. The van der Waals surface area contributed by atoms with Crippen molar-refractivity contribution < 1.29 is 9.53 Å². The van der Waals surface area contributed by atoms with Crippen molar-refractivity contribution in [2.45, 2.75) is 45.9 Å². The molecule has 0 aromatic heterocycles. The molecule has 1 amide bonds. The van der Waals surface area contributed by atoms with Crippen LogP contribution in [0.3, 0.4) is 0 Å². The first-order chi connectivity index (χ1) is 9.63. The highest BCUT2D eigenvalue weighted by molar-refractivity contribution is 5.75. The molecule has 1 aromatic carbocycles. The molecule has 0 saturated carbocycles. The van der Waals surface area contributed by atoms with Crippen LogP contribution in [0.25, 0.3) is 0 Å². The van der Waals surface area contributed by atoms with Crippen LogP contribution in [0.15, 0.2) is 24.3 Å². The standard InChI is InChI=1S/C16H26N2O2/c1-13(2)17-10-6-9-16(19)18-11-14-7-4-5-8-15(14)12-20-3/h4-5,7-8,13,17H,6,9-12H2,1-3H3,(H,18,19). The lowest BCUT2D eigenvalue weighted by atomic mass is 10.1. The number of carbonyl (C=O) groups excluding carboxylic acids is 1. The Morgan fingerprint density at radius 3 is 2.60 bits per heavy atom. The summed E-state index contributed by atoms with van der Waals surface area (Å²) in [5, 5.41) is 6.27. The smallest absolute Gasteiger partial charge is 0.220 e. The zero-order valence-corrected chi connectivity index (χ0v) is 12.7. The van der Waals surface area contributed by atoms with Gasteiger partial charge in [-0.2, -0.15) is 0 Å². The molecule has 0 aliphatic rings. The van der Waals surface area contributed by atoms with Gasteiger partial charge in [-0.25, -0.2) is 0 Å². The van der Waals surface area contributed by atoms with E-state index in [4.69, 9.17) is 4.74 Å². The van der Waals surface area contributed by atoms with E-state index in [1.165, 1.54) is 0 Å². The SMILES string of the molecule is COCc1ccccc1CNC(=O)CCCNC(C)C. The second kappa shape index (κ2) is 9.50. The minimum atomic E-state index is 0.0998. The normalized spacial score (nSPS) is 10.8. The van der Waals surface area contributed by atoms with Gasteiger partial charge in [0.05, 0.1) is 6.61 Å². The Bertz CT molecular complexity index is 405. The van der Waals surface area contributed by atoms with Gasteiger partial charge in [0, 0.05) is 26.1 Å². The summed E-state index contributed by atoms with van der Waals surface area (Å²) >= 11 is 0. The van der Waals surface area contributed by atoms with E-state index in [1.54, 1.807) is 7.11 Å². The summed E-state index contributed by atoms with van der Waals surface area (Å²) in [6, 6.07) is 8.48. The van der Waals surface area contributed by atoms with Gasteiger partial charge in [-0.05, 0) is 24.1 Å². The van der Waals surface area contributed by atoms with Gasteiger partial charge >= 0.3 is 0 Å². The molecule has 1 rings (SSSR count). The quantitative estimate of drug-likeness (QED) is 0.681. The highest BCUT2D eigenvalue weighted by Gasteiger charge is 2.04. The maximum absolute atomic E-state index is 11.8. The Labute approximate surface area is 121 Å². The van der Waals surface area contributed by atoms with Gasteiger partial charge in [0.2, 0.25) is 5.91 Å². The van der Waals surface area contributed by atoms with Crippen molar-refractivity contribution in [3.63, 3.8) is 0 Å². The molecule has 0 bridgehead atoms. The molecule has 0 heterocycles. The second-order valence-corrected chi connectivity index (χ2v) is 5.19. The van der Waals surface area contributed by atoms with Gasteiger partial charge in [-0.1, -0.05) is 38.1 Å². The fraction of sp³-hybridized carbons (Fsp3) is 0.562. The number of hydrogen-bond acceptors (Lipinski definition) is 3. The number of carbonyl (C=O) groups is 1. The van der Waals surface area contributed by atoms with Crippen molar-refractivity contribution in [3.8, 4) is 0 Å². The number of methoxy groups -OCH3 is 1. The predicted octanol–water partition coefficient (Wildman–Crippen LogP) is 2.23. The molecule has 0 radical (unpaired) electrons. The van der Waals surface area contributed by atoms with Crippen LogP contribution < -0.4 is 10.6 Å². The summed E-state index contributed by atoms with van der Waals surface area (Å²) < 4.78 is 5.16. The van der Waals surface area contributed by atoms with Crippen molar-refractivity contribution in [2.24, 2.45) is 0 Å². The molecular weight excluding hydrogens is 252 g/mol. The van der Waals surface area contributed by atoms with Crippen molar-refractivity contribution in [1.82, 2.24) is 10.6 Å². The number of ether oxygens (including phenoxy) is 1. The maximum Gasteiger partial charge on any atom is 0.220 e. The lowest BCUT2D eigenvalue weighted by molar-refractivity contribution is -0.121. The Morgan fingerprint density at radius 2 is 1.95 bits per heavy atom. The van der Waals surface area contributed by atoms with E-state index in [9.17, 15) is 4.79 Å². The summed E-state index contributed by atoms with van der Waals surface area (Å²) in [4.78, 5) is 11.8. The van der Waals surface area contributed by atoms with Crippen molar-refractivity contribution >= 4 is 5.91 Å². The first-order valence-electron chi connectivity index (χ1n) is 7.19. The summed E-state index contributed by atoms with van der Waals surface area (Å²) in [7, 11) is 1.68. The summed E-state index contributed by atoms with van der Waals surface area (Å²) in [5.41, 5.74) is 2.24. The number of hydrogen-bond donors (Lipinski definition) is 2. The summed E-state index contributed by atoms with van der Waals surface area (Å²) in [6.45, 7) is 6.23. The van der Waals surface area contributed by atoms with Crippen LogP contribution in [0.2, 0.25) is 0 Å². The zero-order chi connectivity index (χ0) is 14.8. The van der Waals surface area contributed by atoms with Crippen LogP contribution >= 0.6 is 0 Å². The van der Waals surface area contributed by atoms with Gasteiger partial charge in [-0.3, -0.25) is 4.79 Å². The largest absolute Gasteiger partial charge is 0.380 e. The monoisotopic (exact) mass is 278 g/mol. The highest BCUT2D eigenvalue weighted by Crippen LogP contribution is 2.09. The summed E-state index contributed by atoms with van der Waals surface area (Å²) in [6.07, 6.45) is 1.43. The molecule has 2 N–H and O–H groups in total. The van der Waals surface area contributed by atoms with Crippen LogP contribution in [0.5, 0.6) is 0 Å². The van der Waals surface area contributed by atoms with Crippen LogP contribution in [0, 0.1) is 0 Å². The molecule has 0 unspecified atom stereocenters. The van der Waals surface area contributed by atoms with Crippen LogP contribution in [-0.4, -0.2) is 25.6 Å². The number of nitrogens with one attached hydrogen (secondary N) is 2. The van der Waals surface area contributed by atoms with E-state index in [1.807, 2.05) is 24.3 Å². The molecule has 4 nitrogen and oxygen atoms in total. The average Bonchev–Trinajstić information content (AvgIpc) is 2.43.